The second-order valence-corrected chi connectivity index (χ2v) is 2.57. The third-order valence-corrected chi connectivity index (χ3v) is 1.37. The van der Waals surface area contributed by atoms with Gasteiger partial charge in [0.1, 0.15) is 0 Å². The average Bonchev–Trinajstić information content (AvgIpc) is 2.45. The molecule has 0 bridgehead atoms. The normalized spacial score (nSPS) is 9.92. The highest BCUT2D eigenvalue weighted by Gasteiger charge is 2.01. The highest BCUT2D eigenvalue weighted by molar-refractivity contribution is 5.66. The lowest BCUT2D eigenvalue weighted by Gasteiger charge is -1.97. The topological polar surface area (TPSA) is 88.2 Å². The number of carboxylic acids is 1. The van der Waals surface area contributed by atoms with Crippen LogP contribution >= 0.6 is 0 Å². The summed E-state index contributed by atoms with van der Waals surface area (Å²) in [6, 6.07) is 0.336. The fraction of sp³-hybridized carbons (Fsp3) is 0.571. The Labute approximate surface area is 74.9 Å². The van der Waals surface area contributed by atoms with Crippen LogP contribution in [0.3, 0.4) is 0 Å². The fourth-order valence-electron chi connectivity index (χ4n) is 0.804. The van der Waals surface area contributed by atoms with E-state index < -0.39 is 5.97 Å². The molecular formula is C7H11N3O3. The molecule has 0 saturated carbocycles. The Morgan fingerprint density at radius 3 is 3.00 bits per heavy atom. The number of aromatic nitrogens is 2. The summed E-state index contributed by atoms with van der Waals surface area (Å²) in [4.78, 5) is 14.0. The van der Waals surface area contributed by atoms with Crippen molar-refractivity contribution in [2.45, 2.75) is 19.8 Å². The summed E-state index contributed by atoms with van der Waals surface area (Å²) in [5.74, 6) is -0.246. The van der Waals surface area contributed by atoms with Gasteiger partial charge in [0.05, 0.1) is 0 Å². The molecule has 0 aromatic carbocycles. The molecule has 1 rings (SSSR count). The summed E-state index contributed by atoms with van der Waals surface area (Å²) < 4.78 is 4.75. The fourth-order valence-corrected chi connectivity index (χ4v) is 0.804. The number of nitrogens with zero attached hydrogens (tertiary/aromatic N) is 2. The molecule has 72 valence electrons. The van der Waals surface area contributed by atoms with Crippen LogP contribution < -0.4 is 5.32 Å². The zero-order valence-corrected chi connectivity index (χ0v) is 7.28. The van der Waals surface area contributed by atoms with Crippen LogP contribution in [0, 0.1) is 6.92 Å². The molecule has 0 aliphatic carbocycles. The maximum Gasteiger partial charge on any atom is 0.321 e. The standard InChI is InChI=1S/C7H11N3O3/c1-5-9-7(13-10-5)8-4-2-3-6(11)12/h2-4H2,1H3,(H,11,12)(H,8,9,10). The van der Waals surface area contributed by atoms with Crippen molar-refractivity contribution in [2.75, 3.05) is 11.9 Å². The lowest BCUT2D eigenvalue weighted by atomic mass is 10.3. The Morgan fingerprint density at radius 2 is 2.46 bits per heavy atom. The van der Waals surface area contributed by atoms with Gasteiger partial charge in [-0.3, -0.25) is 4.79 Å². The number of nitrogens with one attached hydrogen (secondary N) is 1. The third-order valence-electron chi connectivity index (χ3n) is 1.37. The molecule has 1 heterocycles. The van der Waals surface area contributed by atoms with Crippen LogP contribution in [0.1, 0.15) is 18.7 Å². The number of rotatable bonds is 5. The number of aliphatic carboxylic acids is 1. The van der Waals surface area contributed by atoms with E-state index in [9.17, 15) is 4.79 Å². The molecule has 0 aliphatic heterocycles. The van der Waals surface area contributed by atoms with Gasteiger partial charge in [-0.05, 0) is 13.3 Å². The number of carbonyl (C=O) groups is 1. The van der Waals surface area contributed by atoms with Crippen molar-refractivity contribution < 1.29 is 14.4 Å². The van der Waals surface area contributed by atoms with Crippen molar-refractivity contribution in [3.05, 3.63) is 5.82 Å². The second-order valence-electron chi connectivity index (χ2n) is 2.57. The predicted molar refractivity (Wildman–Crippen MR) is 44.4 cm³/mol. The van der Waals surface area contributed by atoms with Gasteiger partial charge in [0, 0.05) is 13.0 Å². The summed E-state index contributed by atoms with van der Waals surface area (Å²) in [7, 11) is 0. The molecule has 6 nitrogen and oxygen atoms in total. The van der Waals surface area contributed by atoms with Crippen LogP contribution in [0.2, 0.25) is 0 Å². The first-order valence-electron chi connectivity index (χ1n) is 3.94. The maximum atomic E-state index is 10.1. The minimum Gasteiger partial charge on any atom is -0.481 e. The van der Waals surface area contributed by atoms with Gasteiger partial charge < -0.3 is 14.9 Å². The van der Waals surface area contributed by atoms with E-state index in [1.165, 1.54) is 0 Å². The zero-order chi connectivity index (χ0) is 9.68. The predicted octanol–water partition coefficient (Wildman–Crippen LogP) is 0.655. The Bertz CT molecular complexity index is 284. The number of anilines is 1. The number of hydrogen-bond donors (Lipinski definition) is 2. The smallest absolute Gasteiger partial charge is 0.321 e. The quantitative estimate of drug-likeness (QED) is 0.655. The number of aryl methyl sites for hydroxylation is 1. The molecule has 0 spiro atoms. The van der Waals surface area contributed by atoms with Gasteiger partial charge >= 0.3 is 12.0 Å². The van der Waals surface area contributed by atoms with E-state index in [0.29, 0.717) is 24.8 Å². The Morgan fingerprint density at radius 1 is 1.69 bits per heavy atom. The molecule has 0 saturated heterocycles. The third kappa shape index (κ3) is 3.55. The van der Waals surface area contributed by atoms with Gasteiger partial charge in [0.15, 0.2) is 5.82 Å². The molecule has 0 amide bonds. The van der Waals surface area contributed by atoms with Crippen LogP contribution in [-0.2, 0) is 4.79 Å². The van der Waals surface area contributed by atoms with Crippen molar-refractivity contribution in [3.8, 4) is 0 Å². The first kappa shape index (κ1) is 9.50. The zero-order valence-electron chi connectivity index (χ0n) is 7.28. The lowest BCUT2D eigenvalue weighted by molar-refractivity contribution is -0.137. The summed E-state index contributed by atoms with van der Waals surface area (Å²) in [5.41, 5.74) is 0. The Kier molecular flexibility index (Phi) is 3.24. The largest absolute Gasteiger partial charge is 0.481 e. The van der Waals surface area contributed by atoms with Gasteiger partial charge in [0.25, 0.3) is 0 Å². The second kappa shape index (κ2) is 4.44. The summed E-state index contributed by atoms with van der Waals surface area (Å²) in [6.07, 6.45) is 0.677. The van der Waals surface area contributed by atoms with E-state index in [1.807, 2.05) is 0 Å². The molecule has 0 aliphatic rings. The number of hydrogen-bond acceptors (Lipinski definition) is 5. The van der Waals surface area contributed by atoms with Gasteiger partial charge in [-0.2, -0.15) is 4.98 Å². The van der Waals surface area contributed by atoms with Crippen LogP contribution in [0.4, 0.5) is 6.01 Å². The van der Waals surface area contributed by atoms with Crippen LogP contribution in [-0.4, -0.2) is 27.8 Å². The van der Waals surface area contributed by atoms with Crippen LogP contribution in [0.15, 0.2) is 4.52 Å². The first-order valence-corrected chi connectivity index (χ1v) is 3.94. The molecule has 0 unspecified atom stereocenters. The molecule has 6 heteroatoms. The van der Waals surface area contributed by atoms with Crippen molar-refractivity contribution in [1.29, 1.82) is 0 Å². The van der Waals surface area contributed by atoms with Gasteiger partial charge in [-0.1, -0.05) is 5.16 Å². The molecule has 1 aromatic heterocycles. The molecule has 1 aromatic rings. The van der Waals surface area contributed by atoms with E-state index in [2.05, 4.69) is 15.5 Å². The minimum absolute atomic E-state index is 0.139. The Balaban J connectivity index is 2.16. The molecule has 13 heavy (non-hydrogen) atoms. The molecule has 0 fully saturated rings. The van der Waals surface area contributed by atoms with Crippen molar-refractivity contribution in [1.82, 2.24) is 10.1 Å². The van der Waals surface area contributed by atoms with E-state index in [-0.39, 0.29) is 6.42 Å². The molecule has 0 radical (unpaired) electrons. The van der Waals surface area contributed by atoms with E-state index in [0.717, 1.165) is 0 Å². The van der Waals surface area contributed by atoms with Crippen molar-refractivity contribution >= 4 is 12.0 Å². The van der Waals surface area contributed by atoms with Crippen LogP contribution in [0.25, 0.3) is 0 Å². The molecule has 0 atom stereocenters. The van der Waals surface area contributed by atoms with Crippen LogP contribution in [0.5, 0.6) is 0 Å². The van der Waals surface area contributed by atoms with Gasteiger partial charge in [-0.25, -0.2) is 0 Å². The summed E-state index contributed by atoms with van der Waals surface area (Å²) >= 11 is 0. The van der Waals surface area contributed by atoms with Gasteiger partial charge in [0.2, 0.25) is 0 Å². The molecular weight excluding hydrogens is 174 g/mol. The SMILES string of the molecule is Cc1noc(NCCCC(=O)O)n1. The van der Waals surface area contributed by atoms with E-state index in [1.54, 1.807) is 6.92 Å². The summed E-state index contributed by atoms with van der Waals surface area (Å²) in [5, 5.41) is 14.7. The first-order chi connectivity index (χ1) is 6.18. The average molecular weight is 185 g/mol. The van der Waals surface area contributed by atoms with E-state index in [4.69, 9.17) is 9.63 Å². The lowest BCUT2D eigenvalue weighted by Crippen LogP contribution is -2.04. The maximum absolute atomic E-state index is 10.1. The van der Waals surface area contributed by atoms with Crippen molar-refractivity contribution in [3.63, 3.8) is 0 Å². The highest BCUT2D eigenvalue weighted by Crippen LogP contribution is 2.01. The minimum atomic E-state index is -0.802. The monoisotopic (exact) mass is 185 g/mol. The highest BCUT2D eigenvalue weighted by atomic mass is 16.5. The van der Waals surface area contributed by atoms with Crippen molar-refractivity contribution in [2.24, 2.45) is 0 Å². The van der Waals surface area contributed by atoms with Gasteiger partial charge in [-0.15, -0.1) is 0 Å². The molecule has 2 N–H and O–H groups in total. The number of carboxylic acid groups (broad SMARTS) is 1. The Hall–Kier alpha value is -1.59. The van der Waals surface area contributed by atoms with E-state index >= 15 is 0 Å². The summed E-state index contributed by atoms with van der Waals surface area (Å²) in [6.45, 7) is 2.24.